The Bertz CT molecular complexity index is 1610. The number of methoxy groups -OCH3 is 2. The van der Waals surface area contributed by atoms with Gasteiger partial charge >= 0.3 is 0 Å². The van der Waals surface area contributed by atoms with Crippen molar-refractivity contribution in [1.82, 2.24) is 9.13 Å². The van der Waals surface area contributed by atoms with E-state index in [9.17, 15) is 0 Å². The second kappa shape index (κ2) is 9.64. The summed E-state index contributed by atoms with van der Waals surface area (Å²) in [4.78, 5) is 0. The maximum absolute atomic E-state index is 5.80. The Morgan fingerprint density at radius 1 is 0.474 bits per heavy atom. The monoisotopic (exact) mass is 498 g/mol. The van der Waals surface area contributed by atoms with E-state index in [4.69, 9.17) is 9.47 Å². The number of aryl methyl sites for hydroxylation is 2. The fraction of sp³-hybridized carbons (Fsp3) is 0.118. The predicted octanol–water partition coefficient (Wildman–Crippen LogP) is 8.39. The summed E-state index contributed by atoms with van der Waals surface area (Å²) < 4.78 is 16.3. The molecule has 0 spiro atoms. The molecule has 2 aromatic heterocycles. The molecule has 4 heteroatoms. The summed E-state index contributed by atoms with van der Waals surface area (Å²) in [5, 5.41) is 0. The number of aromatic nitrogens is 2. The third kappa shape index (κ3) is 3.95. The third-order valence-corrected chi connectivity index (χ3v) is 7.12. The molecule has 0 fully saturated rings. The highest BCUT2D eigenvalue weighted by Crippen LogP contribution is 2.42. The van der Waals surface area contributed by atoms with E-state index in [1.54, 1.807) is 14.2 Å². The minimum atomic E-state index is 0.841. The van der Waals surface area contributed by atoms with Gasteiger partial charge in [0.25, 0.3) is 0 Å². The van der Waals surface area contributed by atoms with Crippen LogP contribution in [-0.4, -0.2) is 23.4 Å². The van der Waals surface area contributed by atoms with Crippen LogP contribution in [0.25, 0.3) is 44.9 Å². The van der Waals surface area contributed by atoms with Gasteiger partial charge in [0.05, 0.1) is 36.6 Å². The van der Waals surface area contributed by atoms with Gasteiger partial charge in [-0.25, -0.2) is 0 Å². The van der Waals surface area contributed by atoms with Gasteiger partial charge in [-0.05, 0) is 74.5 Å². The van der Waals surface area contributed by atoms with Crippen LogP contribution in [-0.2, 0) is 0 Å². The molecule has 0 N–H and O–H groups in total. The van der Waals surface area contributed by atoms with E-state index in [-0.39, 0.29) is 0 Å². The molecule has 188 valence electrons. The van der Waals surface area contributed by atoms with Gasteiger partial charge in [-0.1, -0.05) is 59.7 Å². The van der Waals surface area contributed by atoms with E-state index >= 15 is 0 Å². The summed E-state index contributed by atoms with van der Waals surface area (Å²) in [5.41, 5.74) is 11.1. The zero-order valence-corrected chi connectivity index (χ0v) is 22.1. The fourth-order valence-corrected chi connectivity index (χ4v) is 5.21. The normalized spacial score (nSPS) is 11.2. The molecule has 6 aromatic rings. The van der Waals surface area contributed by atoms with Crippen LogP contribution in [0.5, 0.6) is 11.5 Å². The molecule has 0 bridgehead atoms. The zero-order chi connectivity index (χ0) is 26.2. The second-order valence-corrected chi connectivity index (χ2v) is 9.57. The number of nitrogens with zero attached hydrogens (tertiary/aromatic N) is 2. The van der Waals surface area contributed by atoms with Crippen LogP contribution in [0.15, 0.2) is 109 Å². The summed E-state index contributed by atoms with van der Waals surface area (Å²) in [5.74, 6) is 1.68. The van der Waals surface area contributed by atoms with E-state index in [0.717, 1.165) is 56.4 Å². The van der Waals surface area contributed by atoms with Crippen LogP contribution in [0.2, 0.25) is 0 Å². The molecule has 0 saturated carbocycles. The van der Waals surface area contributed by atoms with Crippen LogP contribution in [0.4, 0.5) is 0 Å². The van der Waals surface area contributed by atoms with Gasteiger partial charge in [-0.2, -0.15) is 0 Å². The van der Waals surface area contributed by atoms with E-state index in [1.165, 1.54) is 11.1 Å². The van der Waals surface area contributed by atoms with E-state index in [0.29, 0.717) is 0 Å². The molecule has 0 amide bonds. The minimum Gasteiger partial charge on any atom is -0.496 e. The SMILES string of the molecule is COc1ccccc1-c1cc2c(cc(-c3ccccc3OC)n2-c2ccc(C)cc2)n1-c1ccc(C)cc1. The zero-order valence-electron chi connectivity index (χ0n) is 22.1. The topological polar surface area (TPSA) is 28.3 Å². The summed E-state index contributed by atoms with van der Waals surface area (Å²) in [7, 11) is 3.45. The van der Waals surface area contributed by atoms with Crippen LogP contribution < -0.4 is 9.47 Å². The number of ether oxygens (including phenoxy) is 2. The first-order chi connectivity index (χ1) is 18.6. The Labute approximate surface area is 223 Å². The minimum absolute atomic E-state index is 0.841. The number of benzene rings is 4. The molecule has 0 aliphatic heterocycles. The number of fused-ring (bicyclic) bond motifs is 1. The molecular formula is C34H30N2O2. The number of para-hydroxylation sites is 2. The maximum atomic E-state index is 5.80. The smallest absolute Gasteiger partial charge is 0.128 e. The Kier molecular flexibility index (Phi) is 6.01. The van der Waals surface area contributed by atoms with Crippen molar-refractivity contribution in [2.75, 3.05) is 14.2 Å². The highest BCUT2D eigenvalue weighted by atomic mass is 16.5. The maximum Gasteiger partial charge on any atom is 0.128 e. The van der Waals surface area contributed by atoms with Crippen molar-refractivity contribution >= 4 is 11.0 Å². The molecule has 0 unspecified atom stereocenters. The van der Waals surface area contributed by atoms with Crippen molar-refractivity contribution in [3.05, 3.63) is 120 Å². The van der Waals surface area contributed by atoms with Gasteiger partial charge in [-0.3, -0.25) is 0 Å². The highest BCUT2D eigenvalue weighted by molar-refractivity contribution is 5.95. The van der Waals surface area contributed by atoms with E-state index < -0.39 is 0 Å². The largest absolute Gasteiger partial charge is 0.496 e. The summed E-state index contributed by atoms with van der Waals surface area (Å²) in [6.07, 6.45) is 0. The molecule has 0 aliphatic rings. The average Bonchev–Trinajstić information content (AvgIpc) is 3.50. The fourth-order valence-electron chi connectivity index (χ4n) is 5.21. The Morgan fingerprint density at radius 2 is 0.842 bits per heavy atom. The Hall–Kier alpha value is -4.70. The molecule has 2 heterocycles. The van der Waals surface area contributed by atoms with Crippen molar-refractivity contribution in [3.8, 4) is 45.4 Å². The van der Waals surface area contributed by atoms with Crippen LogP contribution in [0.3, 0.4) is 0 Å². The lowest BCUT2D eigenvalue weighted by Gasteiger charge is -2.15. The highest BCUT2D eigenvalue weighted by Gasteiger charge is 2.23. The molecular weight excluding hydrogens is 468 g/mol. The lowest BCUT2D eigenvalue weighted by molar-refractivity contribution is 0.416. The molecule has 4 nitrogen and oxygen atoms in total. The summed E-state index contributed by atoms with van der Waals surface area (Å²) in [6, 6.07) is 38.3. The van der Waals surface area contributed by atoms with Gasteiger partial charge in [0, 0.05) is 22.5 Å². The molecule has 0 saturated heterocycles. The van der Waals surface area contributed by atoms with Gasteiger partial charge < -0.3 is 18.6 Å². The number of rotatable bonds is 6. The van der Waals surface area contributed by atoms with Gasteiger partial charge in [0.1, 0.15) is 11.5 Å². The van der Waals surface area contributed by atoms with Gasteiger partial charge in [-0.15, -0.1) is 0 Å². The third-order valence-electron chi connectivity index (χ3n) is 7.12. The van der Waals surface area contributed by atoms with Crippen LogP contribution in [0, 0.1) is 13.8 Å². The average molecular weight is 499 g/mol. The first-order valence-electron chi connectivity index (χ1n) is 12.8. The van der Waals surface area contributed by atoms with Crippen molar-refractivity contribution in [1.29, 1.82) is 0 Å². The molecule has 0 radical (unpaired) electrons. The van der Waals surface area contributed by atoms with E-state index in [1.807, 2.05) is 24.3 Å². The van der Waals surface area contributed by atoms with Gasteiger partial charge in [0.15, 0.2) is 0 Å². The number of hydrogen-bond acceptors (Lipinski definition) is 2. The van der Waals surface area contributed by atoms with Gasteiger partial charge in [0.2, 0.25) is 0 Å². The molecule has 0 aliphatic carbocycles. The first kappa shape index (κ1) is 23.7. The summed E-state index contributed by atoms with van der Waals surface area (Å²) >= 11 is 0. The lowest BCUT2D eigenvalue weighted by atomic mass is 10.1. The molecule has 38 heavy (non-hydrogen) atoms. The molecule has 6 rings (SSSR count). The number of hydrogen-bond donors (Lipinski definition) is 0. The van der Waals surface area contributed by atoms with Crippen molar-refractivity contribution in [2.45, 2.75) is 13.8 Å². The van der Waals surface area contributed by atoms with Crippen molar-refractivity contribution in [2.24, 2.45) is 0 Å². The summed E-state index contributed by atoms with van der Waals surface area (Å²) in [6.45, 7) is 4.23. The Balaban J connectivity index is 1.74. The van der Waals surface area contributed by atoms with Crippen LogP contribution >= 0.6 is 0 Å². The van der Waals surface area contributed by atoms with Crippen molar-refractivity contribution < 1.29 is 9.47 Å². The van der Waals surface area contributed by atoms with Crippen LogP contribution in [0.1, 0.15) is 11.1 Å². The quantitative estimate of drug-likeness (QED) is 0.231. The predicted molar refractivity (Wildman–Crippen MR) is 156 cm³/mol. The molecule has 0 atom stereocenters. The second-order valence-electron chi connectivity index (χ2n) is 9.57. The standard InChI is InChI=1S/C34H30N2O2/c1-23-13-17-25(18-14-23)35-29(27-9-5-7-11-33(27)37-3)21-32-31(35)22-30(28-10-6-8-12-34(28)38-4)36(32)26-19-15-24(2)16-20-26/h5-22H,1-4H3. The molecule has 4 aromatic carbocycles. The van der Waals surface area contributed by atoms with E-state index in [2.05, 4.69) is 108 Å². The Morgan fingerprint density at radius 3 is 1.21 bits per heavy atom. The lowest BCUT2D eigenvalue weighted by Crippen LogP contribution is -1.99. The first-order valence-corrected chi connectivity index (χ1v) is 12.8. The van der Waals surface area contributed by atoms with Crippen molar-refractivity contribution in [3.63, 3.8) is 0 Å².